The molecule has 0 aliphatic carbocycles. The number of carbonyl (C=O) groups excluding carboxylic acids is 1. The predicted molar refractivity (Wildman–Crippen MR) is 118 cm³/mol. The number of nitrogens with one attached hydrogen (secondary N) is 3. The molecule has 1 amide bonds. The van der Waals surface area contributed by atoms with E-state index in [0.717, 1.165) is 16.5 Å². The second-order valence-electron chi connectivity index (χ2n) is 7.33. The summed E-state index contributed by atoms with van der Waals surface area (Å²) >= 11 is 0. The number of carbonyl (C=O) groups is 2. The Kier molecular flexibility index (Phi) is 6.05. The molecule has 2 aromatic carbocycles. The molecule has 0 aliphatic heterocycles. The average Bonchev–Trinajstić information content (AvgIpc) is 3.12. The van der Waals surface area contributed by atoms with Gasteiger partial charge in [0.2, 0.25) is 5.91 Å². The number of hydrogen-bond acceptors (Lipinski definition) is 4. The van der Waals surface area contributed by atoms with Crippen molar-refractivity contribution < 1.29 is 14.7 Å². The zero-order valence-electron chi connectivity index (χ0n) is 17.0. The van der Waals surface area contributed by atoms with Crippen molar-refractivity contribution in [1.29, 1.82) is 10.8 Å². The number of amidine groups is 2. The Morgan fingerprint density at radius 1 is 1.03 bits per heavy atom. The number of fused-ring (bicyclic) bond motifs is 1. The van der Waals surface area contributed by atoms with Gasteiger partial charge in [0.1, 0.15) is 17.7 Å². The maximum atomic E-state index is 13.0. The highest BCUT2D eigenvalue weighted by Gasteiger charge is 2.26. The Labute approximate surface area is 178 Å². The van der Waals surface area contributed by atoms with E-state index in [2.05, 4.69) is 4.98 Å². The van der Waals surface area contributed by atoms with Crippen LogP contribution in [0, 0.1) is 10.8 Å². The van der Waals surface area contributed by atoms with Gasteiger partial charge in [0.25, 0.3) is 0 Å². The number of aromatic nitrogens is 1. The normalized spacial score (nSPS) is 11.8. The van der Waals surface area contributed by atoms with Crippen LogP contribution in [0.5, 0.6) is 0 Å². The molecule has 0 spiro atoms. The fourth-order valence-corrected chi connectivity index (χ4v) is 3.28. The molecule has 0 fully saturated rings. The van der Waals surface area contributed by atoms with Crippen molar-refractivity contribution in [3.63, 3.8) is 0 Å². The number of aromatic amines is 1. The molecular formula is C22H24N6O3. The number of rotatable bonds is 8. The Morgan fingerprint density at radius 2 is 1.65 bits per heavy atom. The molecule has 1 heterocycles. The molecule has 160 valence electrons. The van der Waals surface area contributed by atoms with Gasteiger partial charge in [0.15, 0.2) is 0 Å². The highest BCUT2D eigenvalue weighted by atomic mass is 16.4. The minimum absolute atomic E-state index is 0.00671. The van der Waals surface area contributed by atoms with Crippen LogP contribution < -0.4 is 11.5 Å². The lowest BCUT2D eigenvalue weighted by atomic mass is 10.1. The fourth-order valence-electron chi connectivity index (χ4n) is 3.28. The quantitative estimate of drug-likeness (QED) is 0.240. The summed E-state index contributed by atoms with van der Waals surface area (Å²) in [6.45, 7) is 1.58. The van der Waals surface area contributed by atoms with Crippen LogP contribution in [0.2, 0.25) is 0 Å². The maximum Gasteiger partial charge on any atom is 0.326 e. The lowest BCUT2D eigenvalue weighted by Crippen LogP contribution is -2.43. The number of hydrogen-bond donors (Lipinski definition) is 6. The molecule has 31 heavy (non-hydrogen) atoms. The van der Waals surface area contributed by atoms with E-state index in [9.17, 15) is 14.7 Å². The predicted octanol–water partition coefficient (Wildman–Crippen LogP) is 1.78. The standard InChI is InChI=1S/C22H24N6O3/c1-12(22(30)31)28(11-13-2-4-14(5-3-13)20(23)24)19(29)10-17-9-16-8-15(21(25)26)6-7-18(16)27-17/h2-9,12,27H,10-11H2,1H3,(H3,23,24)(H3,25,26)(H,30,31). The van der Waals surface area contributed by atoms with Crippen LogP contribution in [0.25, 0.3) is 10.9 Å². The van der Waals surface area contributed by atoms with Crippen LogP contribution >= 0.6 is 0 Å². The molecule has 9 nitrogen and oxygen atoms in total. The van der Waals surface area contributed by atoms with Crippen LogP contribution in [0.3, 0.4) is 0 Å². The lowest BCUT2D eigenvalue weighted by molar-refractivity contribution is -0.149. The van der Waals surface area contributed by atoms with E-state index in [4.69, 9.17) is 22.3 Å². The highest BCUT2D eigenvalue weighted by molar-refractivity contribution is 5.99. The number of nitrogens with two attached hydrogens (primary N) is 2. The van der Waals surface area contributed by atoms with E-state index in [0.29, 0.717) is 16.8 Å². The number of carboxylic acid groups (broad SMARTS) is 1. The first-order chi connectivity index (χ1) is 14.7. The smallest absolute Gasteiger partial charge is 0.326 e. The van der Waals surface area contributed by atoms with Crippen LogP contribution in [0.15, 0.2) is 48.5 Å². The summed E-state index contributed by atoms with van der Waals surface area (Å²) < 4.78 is 0. The van der Waals surface area contributed by atoms with Gasteiger partial charge < -0.3 is 26.5 Å². The van der Waals surface area contributed by atoms with E-state index in [1.54, 1.807) is 48.5 Å². The Morgan fingerprint density at radius 3 is 2.23 bits per heavy atom. The summed E-state index contributed by atoms with van der Waals surface area (Å²) in [5, 5.41) is 25.3. The van der Waals surface area contributed by atoms with E-state index in [1.807, 2.05) is 0 Å². The zero-order chi connectivity index (χ0) is 22.7. The first-order valence-electron chi connectivity index (χ1n) is 9.57. The second kappa shape index (κ2) is 8.70. The molecule has 0 aliphatic rings. The third-order valence-electron chi connectivity index (χ3n) is 5.09. The van der Waals surface area contributed by atoms with E-state index in [1.165, 1.54) is 11.8 Å². The number of benzene rings is 2. The second-order valence-corrected chi connectivity index (χ2v) is 7.33. The number of nitrogens with zero attached hydrogens (tertiary/aromatic N) is 1. The lowest BCUT2D eigenvalue weighted by Gasteiger charge is -2.26. The molecule has 3 aromatic rings. The van der Waals surface area contributed by atoms with Crippen molar-refractivity contribution in [3.05, 3.63) is 70.9 Å². The summed E-state index contributed by atoms with van der Waals surface area (Å²) in [6, 6.07) is 12.8. The average molecular weight is 420 g/mol. The van der Waals surface area contributed by atoms with E-state index < -0.39 is 12.0 Å². The molecule has 1 atom stereocenters. The molecule has 1 unspecified atom stereocenters. The molecular weight excluding hydrogens is 396 g/mol. The van der Waals surface area contributed by atoms with Gasteiger partial charge >= 0.3 is 5.97 Å². The van der Waals surface area contributed by atoms with Gasteiger partial charge in [0, 0.05) is 34.3 Å². The first-order valence-corrected chi connectivity index (χ1v) is 9.57. The molecule has 8 N–H and O–H groups in total. The third kappa shape index (κ3) is 4.89. The van der Waals surface area contributed by atoms with Crippen molar-refractivity contribution in [2.75, 3.05) is 0 Å². The third-order valence-corrected chi connectivity index (χ3v) is 5.09. The minimum Gasteiger partial charge on any atom is -0.480 e. The SMILES string of the molecule is CC(C(=O)O)N(Cc1ccc(C(=N)N)cc1)C(=O)Cc1cc2cc(C(=N)N)ccc2[nH]1. The van der Waals surface area contributed by atoms with Crippen LogP contribution in [-0.2, 0) is 22.6 Å². The molecule has 0 saturated heterocycles. The largest absolute Gasteiger partial charge is 0.480 e. The van der Waals surface area contributed by atoms with Crippen molar-refractivity contribution in [2.45, 2.75) is 25.9 Å². The molecule has 0 saturated carbocycles. The summed E-state index contributed by atoms with van der Waals surface area (Å²) in [5.41, 5.74) is 14.3. The molecule has 1 aromatic heterocycles. The number of carboxylic acids is 1. The summed E-state index contributed by atoms with van der Waals surface area (Å²) in [6.07, 6.45) is -0.00671. The Bertz CT molecular complexity index is 1170. The van der Waals surface area contributed by atoms with Crippen molar-refractivity contribution >= 4 is 34.5 Å². The van der Waals surface area contributed by atoms with Gasteiger partial charge in [-0.2, -0.15) is 0 Å². The summed E-state index contributed by atoms with van der Waals surface area (Å²) in [7, 11) is 0. The number of nitrogen functional groups attached to an aromatic ring is 2. The van der Waals surface area contributed by atoms with Crippen LogP contribution in [-0.4, -0.2) is 44.6 Å². The Hall–Kier alpha value is -4.14. The Balaban J connectivity index is 1.83. The molecule has 9 heteroatoms. The van der Waals surface area contributed by atoms with Gasteiger partial charge in [-0.1, -0.05) is 24.3 Å². The molecule has 0 radical (unpaired) electrons. The van der Waals surface area contributed by atoms with Crippen molar-refractivity contribution in [3.8, 4) is 0 Å². The van der Waals surface area contributed by atoms with E-state index >= 15 is 0 Å². The van der Waals surface area contributed by atoms with Crippen LogP contribution in [0.4, 0.5) is 0 Å². The summed E-state index contributed by atoms with van der Waals surface area (Å²) in [4.78, 5) is 29.1. The van der Waals surface area contributed by atoms with Gasteiger partial charge in [-0.3, -0.25) is 15.6 Å². The van der Waals surface area contributed by atoms with E-state index in [-0.39, 0.29) is 30.5 Å². The van der Waals surface area contributed by atoms with Crippen molar-refractivity contribution in [1.82, 2.24) is 9.88 Å². The van der Waals surface area contributed by atoms with Crippen molar-refractivity contribution in [2.24, 2.45) is 11.5 Å². The van der Waals surface area contributed by atoms with Gasteiger partial charge in [-0.05, 0) is 36.8 Å². The van der Waals surface area contributed by atoms with Gasteiger partial charge in [-0.15, -0.1) is 0 Å². The molecule has 0 bridgehead atoms. The van der Waals surface area contributed by atoms with Crippen LogP contribution in [0.1, 0.15) is 29.3 Å². The van der Waals surface area contributed by atoms with Gasteiger partial charge in [0.05, 0.1) is 6.42 Å². The topological polar surface area (TPSA) is 173 Å². The monoisotopic (exact) mass is 420 g/mol. The molecule has 3 rings (SSSR count). The first kappa shape index (κ1) is 21.6. The van der Waals surface area contributed by atoms with Gasteiger partial charge in [-0.25, -0.2) is 4.79 Å². The summed E-state index contributed by atoms with van der Waals surface area (Å²) in [5.74, 6) is -1.55. The maximum absolute atomic E-state index is 13.0. The number of H-pyrrole nitrogens is 1. The highest BCUT2D eigenvalue weighted by Crippen LogP contribution is 2.19. The zero-order valence-corrected chi connectivity index (χ0v) is 17.0. The number of amides is 1. The minimum atomic E-state index is -1.10. The fraction of sp³-hybridized carbons (Fsp3) is 0.182. The number of aliphatic carboxylic acids is 1.